The van der Waals surface area contributed by atoms with Crippen LogP contribution in [0.15, 0.2) is 28.1 Å². The lowest BCUT2D eigenvalue weighted by molar-refractivity contribution is 0.100. The molecule has 1 heterocycles. The summed E-state index contributed by atoms with van der Waals surface area (Å²) in [6.07, 6.45) is 0. The van der Waals surface area contributed by atoms with Crippen molar-refractivity contribution < 1.29 is 17.9 Å². The zero-order valence-corrected chi connectivity index (χ0v) is 11.9. The van der Waals surface area contributed by atoms with Gasteiger partial charge < -0.3 is 16.2 Å². The van der Waals surface area contributed by atoms with Gasteiger partial charge >= 0.3 is 0 Å². The molecule has 0 radical (unpaired) electrons. The van der Waals surface area contributed by atoms with E-state index < -0.39 is 21.3 Å². The van der Waals surface area contributed by atoms with Gasteiger partial charge in [0.05, 0.1) is 5.75 Å². The Morgan fingerprint density at radius 1 is 1.35 bits per heavy atom. The first-order valence-corrected chi connectivity index (χ1v) is 7.46. The number of rotatable bonds is 1. The van der Waals surface area contributed by atoms with E-state index in [1.165, 1.54) is 18.2 Å². The normalized spacial score (nSPS) is 18.5. The van der Waals surface area contributed by atoms with Crippen molar-refractivity contribution in [1.29, 1.82) is 0 Å². The fraction of sp³-hybridized carbons (Fsp3) is 0.333. The van der Waals surface area contributed by atoms with E-state index in [2.05, 4.69) is 4.99 Å². The van der Waals surface area contributed by atoms with Crippen LogP contribution in [0.2, 0.25) is 0 Å². The topological polar surface area (TPSA) is 125 Å². The maximum Gasteiger partial charge on any atom is 0.280 e. The summed E-state index contributed by atoms with van der Waals surface area (Å²) >= 11 is 0. The van der Waals surface area contributed by atoms with E-state index in [-0.39, 0.29) is 27.9 Å². The van der Waals surface area contributed by atoms with Crippen LogP contribution in [-0.4, -0.2) is 31.6 Å². The molecule has 1 aromatic rings. The van der Waals surface area contributed by atoms with E-state index in [4.69, 9.17) is 16.2 Å². The van der Waals surface area contributed by atoms with Gasteiger partial charge in [-0.05, 0) is 32.0 Å². The zero-order valence-electron chi connectivity index (χ0n) is 11.1. The van der Waals surface area contributed by atoms with Gasteiger partial charge in [-0.15, -0.1) is 0 Å². The molecule has 1 aliphatic heterocycles. The van der Waals surface area contributed by atoms with E-state index in [0.29, 0.717) is 0 Å². The Morgan fingerprint density at radius 2 is 2.00 bits per heavy atom. The molecule has 0 bridgehead atoms. The Bertz CT molecular complexity index is 703. The number of aliphatic imine (C=N–C) groups is 1. The van der Waals surface area contributed by atoms with Crippen LogP contribution in [0.1, 0.15) is 24.2 Å². The second kappa shape index (κ2) is 4.48. The first kappa shape index (κ1) is 14.3. The smallest absolute Gasteiger partial charge is 0.280 e. The summed E-state index contributed by atoms with van der Waals surface area (Å²) in [6, 6.07) is 4.09. The third-order valence-electron chi connectivity index (χ3n) is 2.68. The molecule has 0 aliphatic carbocycles. The number of guanidine groups is 1. The fourth-order valence-corrected chi connectivity index (χ4v) is 3.87. The van der Waals surface area contributed by atoms with Gasteiger partial charge in [0, 0.05) is 5.56 Å². The molecule has 1 aliphatic rings. The number of hydrogen-bond acceptors (Lipinski definition) is 4. The number of amides is 1. The molecule has 4 N–H and O–H groups in total. The van der Waals surface area contributed by atoms with E-state index >= 15 is 0 Å². The van der Waals surface area contributed by atoms with Gasteiger partial charge in [-0.3, -0.25) is 4.79 Å². The van der Waals surface area contributed by atoms with E-state index in [9.17, 15) is 13.2 Å². The highest BCUT2D eigenvalue weighted by atomic mass is 32.2. The second-order valence-electron chi connectivity index (χ2n) is 5.12. The highest BCUT2D eigenvalue weighted by Gasteiger charge is 2.37. The van der Waals surface area contributed by atoms with Crippen LogP contribution in [0.25, 0.3) is 0 Å². The molecule has 0 spiro atoms. The number of fused-ring (bicyclic) bond motifs is 1. The summed E-state index contributed by atoms with van der Waals surface area (Å²) < 4.78 is 30.0. The van der Waals surface area contributed by atoms with Crippen LogP contribution < -0.4 is 16.2 Å². The van der Waals surface area contributed by atoms with Gasteiger partial charge in [0.15, 0.2) is 15.8 Å². The van der Waals surface area contributed by atoms with Crippen molar-refractivity contribution in [3.05, 3.63) is 23.8 Å². The maximum atomic E-state index is 12.2. The molecule has 20 heavy (non-hydrogen) atoms. The molecule has 108 valence electrons. The average molecular weight is 297 g/mol. The average Bonchev–Trinajstić information content (AvgIpc) is 2.24. The number of nitrogens with zero attached hydrogens (tertiary/aromatic N) is 1. The van der Waals surface area contributed by atoms with E-state index in [1.54, 1.807) is 13.8 Å². The summed E-state index contributed by atoms with van der Waals surface area (Å²) in [6.45, 7) is 3.37. The van der Waals surface area contributed by atoms with Crippen LogP contribution in [0.3, 0.4) is 0 Å². The summed E-state index contributed by atoms with van der Waals surface area (Å²) in [5, 5.41) is 0. The van der Waals surface area contributed by atoms with Crippen molar-refractivity contribution in [2.45, 2.75) is 24.3 Å². The van der Waals surface area contributed by atoms with E-state index in [0.717, 1.165) is 0 Å². The Balaban J connectivity index is 2.53. The molecule has 0 fully saturated rings. The lowest BCUT2D eigenvalue weighted by atomic mass is 10.1. The quantitative estimate of drug-likeness (QED) is 0.557. The molecule has 0 atom stereocenters. The van der Waals surface area contributed by atoms with Crippen molar-refractivity contribution in [3.8, 4) is 5.75 Å². The number of sulfone groups is 1. The van der Waals surface area contributed by atoms with Crippen LogP contribution in [0, 0.1) is 0 Å². The molecule has 0 saturated carbocycles. The van der Waals surface area contributed by atoms with Crippen molar-refractivity contribution in [1.82, 2.24) is 0 Å². The fourth-order valence-electron chi connectivity index (χ4n) is 2.01. The summed E-state index contributed by atoms with van der Waals surface area (Å²) in [4.78, 5) is 15.0. The number of carbonyl (C=O) groups is 1. The zero-order chi connectivity index (χ0) is 15.1. The summed E-state index contributed by atoms with van der Waals surface area (Å²) in [5.41, 5.74) is 9.52. The molecule has 1 amide bonds. The monoisotopic (exact) mass is 297 g/mol. The largest absolute Gasteiger partial charge is 0.485 e. The highest BCUT2D eigenvalue weighted by molar-refractivity contribution is 7.91. The summed E-state index contributed by atoms with van der Waals surface area (Å²) in [5.74, 6) is -1.02. The predicted molar refractivity (Wildman–Crippen MR) is 73.3 cm³/mol. The minimum atomic E-state index is -3.52. The first-order valence-electron chi connectivity index (χ1n) is 5.80. The third kappa shape index (κ3) is 2.74. The number of hydrogen-bond donors (Lipinski definition) is 2. The van der Waals surface area contributed by atoms with Crippen molar-refractivity contribution in [3.63, 3.8) is 0 Å². The van der Waals surface area contributed by atoms with Gasteiger partial charge in [0.2, 0.25) is 0 Å². The van der Waals surface area contributed by atoms with Crippen LogP contribution >= 0.6 is 0 Å². The first-order chi connectivity index (χ1) is 9.11. The van der Waals surface area contributed by atoms with E-state index in [1.807, 2.05) is 0 Å². The molecule has 1 aromatic carbocycles. The Labute approximate surface area is 116 Å². The van der Waals surface area contributed by atoms with Crippen LogP contribution in [-0.2, 0) is 9.84 Å². The van der Waals surface area contributed by atoms with Gasteiger partial charge in [0.1, 0.15) is 16.2 Å². The number of ether oxygens (including phenoxy) is 1. The van der Waals surface area contributed by atoms with Crippen LogP contribution in [0.5, 0.6) is 5.75 Å². The second-order valence-corrected chi connectivity index (χ2v) is 7.08. The predicted octanol–water partition coefficient (Wildman–Crippen LogP) is 0.0449. The molecule has 0 saturated heterocycles. The molecule has 0 unspecified atom stereocenters. The lowest BCUT2D eigenvalue weighted by Crippen LogP contribution is -2.40. The van der Waals surface area contributed by atoms with Gasteiger partial charge in [0.25, 0.3) is 5.91 Å². The molecule has 0 aromatic heterocycles. The molecular formula is C12H15N3O4S. The van der Waals surface area contributed by atoms with Gasteiger partial charge in [-0.2, -0.15) is 4.99 Å². The molecule has 8 heteroatoms. The highest BCUT2D eigenvalue weighted by Crippen LogP contribution is 2.35. The van der Waals surface area contributed by atoms with Crippen molar-refractivity contribution in [2.75, 3.05) is 5.75 Å². The third-order valence-corrected chi connectivity index (χ3v) is 4.74. The van der Waals surface area contributed by atoms with Crippen molar-refractivity contribution >= 4 is 21.7 Å². The Kier molecular flexibility index (Phi) is 3.21. The number of carbonyl (C=O) groups excluding carboxylic acids is 1. The van der Waals surface area contributed by atoms with Crippen LogP contribution in [0.4, 0.5) is 0 Å². The summed E-state index contributed by atoms with van der Waals surface area (Å²) in [7, 11) is -3.52. The van der Waals surface area contributed by atoms with Gasteiger partial charge in [-0.1, -0.05) is 0 Å². The number of benzene rings is 1. The van der Waals surface area contributed by atoms with Crippen molar-refractivity contribution in [2.24, 2.45) is 16.5 Å². The Morgan fingerprint density at radius 3 is 2.60 bits per heavy atom. The van der Waals surface area contributed by atoms with Gasteiger partial charge in [-0.25, -0.2) is 8.42 Å². The number of nitrogens with two attached hydrogens (primary N) is 2. The molecular weight excluding hydrogens is 282 g/mol. The molecule has 7 nitrogen and oxygen atoms in total. The SMILES string of the molecule is CC1(C)CS(=O)(=O)c2cc(C(=O)N=C(N)N)ccc2O1. The minimum absolute atomic E-state index is 0.0199. The Hall–Kier alpha value is -2.09. The maximum absolute atomic E-state index is 12.2. The lowest BCUT2D eigenvalue weighted by Gasteiger charge is -2.32. The standard InChI is InChI=1S/C12H15N3O4S/c1-12(2)6-20(17,18)9-5-7(3-4-8(9)19-12)10(16)15-11(13)14/h3-5H,6H2,1-2H3,(H4,13,14,15,16). The molecule has 2 rings (SSSR count). The minimum Gasteiger partial charge on any atom is -0.485 e.